The molecular formula is C9H8BrF3N2O2. The summed E-state index contributed by atoms with van der Waals surface area (Å²) < 4.78 is 37.4. The number of rotatable bonds is 2. The highest BCUT2D eigenvalue weighted by Gasteiger charge is 2.33. The summed E-state index contributed by atoms with van der Waals surface area (Å²) in [6.07, 6.45) is -4.58. The number of hydrogen-bond acceptors (Lipinski definition) is 3. The number of anilines is 1. The lowest BCUT2D eigenvalue weighted by Gasteiger charge is -2.16. The molecule has 8 heteroatoms. The fourth-order valence-electron chi connectivity index (χ4n) is 1.09. The van der Waals surface area contributed by atoms with Gasteiger partial charge in [-0.05, 0) is 18.2 Å². The first-order chi connectivity index (χ1) is 7.77. The molecule has 0 bridgehead atoms. The summed E-state index contributed by atoms with van der Waals surface area (Å²) in [7, 11) is 0. The number of carbonyl (C=O) groups excluding carboxylic acids is 1. The summed E-state index contributed by atoms with van der Waals surface area (Å²) in [5, 5.41) is 9.38. The molecule has 1 rings (SSSR count). The van der Waals surface area contributed by atoms with Gasteiger partial charge in [0.2, 0.25) is 0 Å². The molecular weight excluding hydrogens is 305 g/mol. The molecule has 4 nitrogen and oxygen atoms in total. The predicted molar refractivity (Wildman–Crippen MR) is 57.5 cm³/mol. The number of carbonyl (C=O) groups is 1. The molecule has 0 aliphatic carbocycles. The van der Waals surface area contributed by atoms with Crippen LogP contribution in [0.2, 0.25) is 0 Å². The van der Waals surface area contributed by atoms with Gasteiger partial charge in [-0.25, -0.2) is 0 Å². The Bertz CT molecular complexity index is 437. The summed E-state index contributed by atoms with van der Waals surface area (Å²) in [5.74, 6) is -0.902. The van der Waals surface area contributed by atoms with Gasteiger partial charge in [0.05, 0.1) is 17.8 Å². The van der Waals surface area contributed by atoms with E-state index in [1.165, 1.54) is 0 Å². The lowest BCUT2D eigenvalue weighted by atomic mass is 10.2. The third-order valence-corrected chi connectivity index (χ3v) is 2.60. The molecule has 0 saturated heterocycles. The monoisotopic (exact) mass is 312 g/mol. The van der Waals surface area contributed by atoms with E-state index in [-0.39, 0.29) is 15.2 Å². The van der Waals surface area contributed by atoms with E-state index in [2.05, 4.69) is 15.9 Å². The number of halogens is 4. The van der Waals surface area contributed by atoms with Crippen LogP contribution in [0.5, 0.6) is 0 Å². The van der Waals surface area contributed by atoms with Crippen LogP contribution in [0.1, 0.15) is 5.56 Å². The van der Waals surface area contributed by atoms with E-state index in [1.54, 1.807) is 0 Å². The zero-order chi connectivity index (χ0) is 13.2. The lowest BCUT2D eigenvalue weighted by Crippen LogP contribution is -2.33. The number of hydrogen-bond donors (Lipinski definition) is 2. The van der Waals surface area contributed by atoms with Crippen molar-refractivity contribution in [1.82, 2.24) is 0 Å². The molecule has 0 unspecified atom stereocenters. The Hall–Kier alpha value is -1.12. The van der Waals surface area contributed by atoms with E-state index in [9.17, 15) is 23.2 Å². The van der Waals surface area contributed by atoms with Gasteiger partial charge in [0.1, 0.15) is 0 Å². The minimum atomic E-state index is -4.58. The van der Waals surface area contributed by atoms with E-state index in [0.29, 0.717) is 6.07 Å². The summed E-state index contributed by atoms with van der Waals surface area (Å²) >= 11 is 2.74. The molecule has 0 atom stereocenters. The minimum Gasteiger partial charge on any atom is -0.322 e. The first-order valence-corrected chi connectivity index (χ1v) is 5.15. The first kappa shape index (κ1) is 13.9. The molecule has 0 aliphatic rings. The minimum absolute atomic E-state index is 0.0850. The highest BCUT2D eigenvalue weighted by atomic mass is 79.9. The second-order valence-corrected chi connectivity index (χ2v) is 3.93. The van der Waals surface area contributed by atoms with Crippen LogP contribution in [-0.2, 0) is 11.0 Å². The van der Waals surface area contributed by atoms with Crippen molar-refractivity contribution in [3.63, 3.8) is 0 Å². The average molecular weight is 313 g/mol. The Morgan fingerprint density at radius 3 is 2.53 bits per heavy atom. The van der Waals surface area contributed by atoms with Gasteiger partial charge in [-0.1, -0.05) is 15.9 Å². The van der Waals surface area contributed by atoms with Gasteiger partial charge in [0.15, 0.2) is 0 Å². The number of benzene rings is 1. The molecule has 0 spiro atoms. The maximum absolute atomic E-state index is 12.5. The van der Waals surface area contributed by atoms with E-state index in [4.69, 9.17) is 5.73 Å². The molecule has 1 aromatic rings. The van der Waals surface area contributed by atoms with Crippen molar-refractivity contribution in [1.29, 1.82) is 0 Å². The second-order valence-electron chi connectivity index (χ2n) is 3.07. The van der Waals surface area contributed by atoms with Gasteiger partial charge in [-0.3, -0.25) is 10.0 Å². The standard InChI is InChI=1S/C9H8BrF3N2O2/c10-7-2-1-5(15(17)8(16)4-14)3-6(7)9(11,12)13/h1-3,17H,4,14H2. The van der Waals surface area contributed by atoms with Gasteiger partial charge >= 0.3 is 6.18 Å². The SMILES string of the molecule is NCC(=O)N(O)c1ccc(Br)c(C(F)(F)F)c1. The Morgan fingerprint density at radius 2 is 2.06 bits per heavy atom. The molecule has 0 aromatic heterocycles. The fourth-order valence-corrected chi connectivity index (χ4v) is 1.56. The quantitative estimate of drug-likeness (QED) is 0.649. The number of nitrogens with zero attached hydrogens (tertiary/aromatic N) is 1. The fraction of sp³-hybridized carbons (Fsp3) is 0.222. The lowest BCUT2D eigenvalue weighted by molar-refractivity contribution is -0.138. The van der Waals surface area contributed by atoms with Crippen molar-refractivity contribution in [2.75, 3.05) is 11.6 Å². The van der Waals surface area contributed by atoms with Crippen LogP contribution in [0.4, 0.5) is 18.9 Å². The van der Waals surface area contributed by atoms with Crippen molar-refractivity contribution >= 4 is 27.5 Å². The zero-order valence-electron chi connectivity index (χ0n) is 8.33. The van der Waals surface area contributed by atoms with Crippen LogP contribution in [0, 0.1) is 0 Å². The number of amides is 1. The summed E-state index contributed by atoms with van der Waals surface area (Å²) in [4.78, 5) is 11.0. The Kier molecular flexibility index (Phi) is 4.12. The summed E-state index contributed by atoms with van der Waals surface area (Å²) in [6.45, 7) is -0.506. The van der Waals surface area contributed by atoms with E-state index < -0.39 is 24.2 Å². The van der Waals surface area contributed by atoms with Crippen LogP contribution in [0.25, 0.3) is 0 Å². The molecule has 0 saturated carbocycles. The Balaban J connectivity index is 3.17. The van der Waals surface area contributed by atoms with Crippen LogP contribution >= 0.6 is 15.9 Å². The van der Waals surface area contributed by atoms with Gasteiger partial charge in [0.25, 0.3) is 5.91 Å². The number of alkyl halides is 3. The molecule has 0 radical (unpaired) electrons. The average Bonchev–Trinajstić information content (AvgIpc) is 2.26. The normalized spacial score (nSPS) is 11.4. The molecule has 0 aliphatic heterocycles. The Morgan fingerprint density at radius 1 is 1.47 bits per heavy atom. The van der Waals surface area contributed by atoms with Gasteiger partial charge < -0.3 is 5.73 Å². The van der Waals surface area contributed by atoms with Crippen molar-refractivity contribution < 1.29 is 23.2 Å². The summed E-state index contributed by atoms with van der Waals surface area (Å²) in [6, 6.07) is 2.90. The van der Waals surface area contributed by atoms with Crippen molar-refractivity contribution in [2.45, 2.75) is 6.18 Å². The maximum atomic E-state index is 12.5. The molecule has 3 N–H and O–H groups in total. The maximum Gasteiger partial charge on any atom is 0.417 e. The smallest absolute Gasteiger partial charge is 0.322 e. The van der Waals surface area contributed by atoms with Crippen LogP contribution in [-0.4, -0.2) is 17.7 Å². The predicted octanol–water partition coefficient (Wildman–Crippen LogP) is 2.15. The van der Waals surface area contributed by atoms with Crippen LogP contribution in [0.3, 0.4) is 0 Å². The van der Waals surface area contributed by atoms with E-state index >= 15 is 0 Å². The molecule has 94 valence electrons. The van der Waals surface area contributed by atoms with E-state index in [1.807, 2.05) is 0 Å². The van der Waals surface area contributed by atoms with Crippen LogP contribution in [0.15, 0.2) is 22.7 Å². The van der Waals surface area contributed by atoms with Crippen molar-refractivity contribution in [3.05, 3.63) is 28.2 Å². The number of nitrogens with two attached hydrogens (primary N) is 1. The molecule has 17 heavy (non-hydrogen) atoms. The largest absolute Gasteiger partial charge is 0.417 e. The van der Waals surface area contributed by atoms with Crippen LogP contribution < -0.4 is 10.8 Å². The van der Waals surface area contributed by atoms with Crippen molar-refractivity contribution in [2.24, 2.45) is 5.73 Å². The zero-order valence-corrected chi connectivity index (χ0v) is 9.92. The van der Waals surface area contributed by atoms with Gasteiger partial charge in [-0.2, -0.15) is 18.2 Å². The molecule has 0 heterocycles. The highest BCUT2D eigenvalue weighted by molar-refractivity contribution is 9.10. The van der Waals surface area contributed by atoms with Crippen molar-refractivity contribution in [3.8, 4) is 0 Å². The highest BCUT2D eigenvalue weighted by Crippen LogP contribution is 2.36. The molecule has 1 aromatic carbocycles. The Labute approximate surface area is 103 Å². The van der Waals surface area contributed by atoms with Gasteiger partial charge in [0, 0.05) is 4.47 Å². The number of hydroxylamine groups is 1. The van der Waals surface area contributed by atoms with E-state index in [0.717, 1.165) is 12.1 Å². The molecule has 1 amide bonds. The summed E-state index contributed by atoms with van der Waals surface area (Å²) in [5.41, 5.74) is 3.70. The topological polar surface area (TPSA) is 66.6 Å². The van der Waals surface area contributed by atoms with Gasteiger partial charge in [-0.15, -0.1) is 0 Å². The molecule has 0 fully saturated rings. The third-order valence-electron chi connectivity index (χ3n) is 1.91. The third kappa shape index (κ3) is 3.18. The first-order valence-electron chi connectivity index (χ1n) is 4.36. The second kappa shape index (κ2) is 5.03.